The van der Waals surface area contributed by atoms with Crippen molar-refractivity contribution in [3.63, 3.8) is 0 Å². The van der Waals surface area contributed by atoms with Gasteiger partial charge in [0.1, 0.15) is 0 Å². The Labute approximate surface area is 82.4 Å². The van der Waals surface area contributed by atoms with Gasteiger partial charge in [-0.2, -0.15) is 0 Å². The molecular formula is C10H22O2Si. The van der Waals surface area contributed by atoms with E-state index in [4.69, 9.17) is 5.11 Å². The first-order valence-electron chi connectivity index (χ1n) is 4.77. The van der Waals surface area contributed by atoms with Crippen LogP contribution < -0.4 is 0 Å². The largest absolute Gasteiger partial charge is 0.481 e. The Morgan fingerprint density at radius 3 is 1.77 bits per heavy atom. The molecular weight excluding hydrogens is 180 g/mol. The van der Waals surface area contributed by atoms with Gasteiger partial charge in [-0.25, -0.2) is 0 Å². The molecule has 1 atom stereocenters. The molecule has 0 aromatic carbocycles. The van der Waals surface area contributed by atoms with Gasteiger partial charge in [-0.1, -0.05) is 40.4 Å². The maximum absolute atomic E-state index is 11.1. The third-order valence-electron chi connectivity index (χ3n) is 2.16. The molecule has 0 spiro atoms. The van der Waals surface area contributed by atoms with Gasteiger partial charge in [0.05, 0.1) is 13.6 Å². The van der Waals surface area contributed by atoms with E-state index in [0.29, 0.717) is 0 Å². The smallest absolute Gasteiger partial charge is 0.303 e. The van der Waals surface area contributed by atoms with E-state index in [1.165, 1.54) is 0 Å². The second-order valence-electron chi connectivity index (χ2n) is 6.02. The van der Waals surface area contributed by atoms with Crippen LogP contribution in [0.3, 0.4) is 0 Å². The van der Waals surface area contributed by atoms with Crippen molar-refractivity contribution >= 4 is 14.0 Å². The summed E-state index contributed by atoms with van der Waals surface area (Å²) in [5.74, 6) is -0.617. The Balaban J connectivity index is 4.56. The van der Waals surface area contributed by atoms with Gasteiger partial charge < -0.3 is 5.11 Å². The lowest BCUT2D eigenvalue weighted by Crippen LogP contribution is -2.36. The van der Waals surface area contributed by atoms with Crippen LogP contribution in [-0.2, 0) is 4.79 Å². The molecule has 0 saturated carbocycles. The molecule has 0 heterocycles. The molecule has 78 valence electrons. The number of hydrogen-bond donors (Lipinski definition) is 1. The fraction of sp³-hybridized carbons (Fsp3) is 0.900. The van der Waals surface area contributed by atoms with Crippen LogP contribution in [0, 0.1) is 5.41 Å². The van der Waals surface area contributed by atoms with Crippen molar-refractivity contribution in [2.45, 2.75) is 52.4 Å². The summed E-state index contributed by atoms with van der Waals surface area (Å²) >= 11 is 0. The van der Waals surface area contributed by atoms with Crippen molar-refractivity contribution in [3.05, 3.63) is 0 Å². The molecule has 0 aromatic heterocycles. The lowest BCUT2D eigenvalue weighted by atomic mass is 9.90. The summed E-state index contributed by atoms with van der Waals surface area (Å²) in [6, 6.07) is 0. The summed E-state index contributed by atoms with van der Waals surface area (Å²) in [4.78, 5) is 11.1. The summed E-state index contributed by atoms with van der Waals surface area (Å²) in [5.41, 5.74) is -0.00363. The molecule has 0 aliphatic heterocycles. The highest BCUT2D eigenvalue weighted by Crippen LogP contribution is 2.34. The van der Waals surface area contributed by atoms with E-state index in [1.807, 2.05) is 0 Å². The van der Waals surface area contributed by atoms with Crippen molar-refractivity contribution in [1.82, 2.24) is 0 Å². The molecule has 0 aliphatic rings. The van der Waals surface area contributed by atoms with E-state index in [9.17, 15) is 4.79 Å². The van der Waals surface area contributed by atoms with E-state index in [2.05, 4.69) is 40.4 Å². The predicted octanol–water partition coefficient (Wildman–Crippen LogP) is 3.22. The number of aliphatic carboxylic acids is 1. The third kappa shape index (κ3) is 5.08. The average Bonchev–Trinajstić information content (AvgIpc) is 1.77. The van der Waals surface area contributed by atoms with Gasteiger partial charge in [0.15, 0.2) is 0 Å². The second-order valence-corrected chi connectivity index (χ2v) is 11.5. The Kier molecular flexibility index (Phi) is 3.73. The van der Waals surface area contributed by atoms with E-state index in [1.54, 1.807) is 0 Å². The van der Waals surface area contributed by atoms with Crippen molar-refractivity contribution < 1.29 is 9.90 Å². The molecule has 0 radical (unpaired) electrons. The number of carbonyl (C=O) groups is 1. The fourth-order valence-corrected chi connectivity index (χ4v) is 3.34. The average molecular weight is 202 g/mol. The van der Waals surface area contributed by atoms with Crippen molar-refractivity contribution in [2.75, 3.05) is 0 Å². The summed E-state index contributed by atoms with van der Waals surface area (Å²) in [6.07, 6.45) is 0.790. The van der Waals surface area contributed by atoms with Crippen LogP contribution in [0.2, 0.25) is 25.2 Å². The Bertz CT molecular complexity index is 186. The van der Waals surface area contributed by atoms with Crippen molar-refractivity contribution in [3.8, 4) is 0 Å². The number of carboxylic acid groups (broad SMARTS) is 1. The minimum atomic E-state index is -1.56. The van der Waals surface area contributed by atoms with Crippen LogP contribution in [0.4, 0.5) is 0 Å². The standard InChI is InChI=1S/C10H22O2Si/c1-10(2,3)7-8(9(11)12)13(4,5)6/h8H,7H2,1-6H3,(H,11,12)/t8-/m0/s1. The van der Waals surface area contributed by atoms with Crippen LogP contribution in [-0.4, -0.2) is 19.1 Å². The maximum atomic E-state index is 11.1. The number of carboxylic acids is 1. The molecule has 0 amide bonds. The molecule has 13 heavy (non-hydrogen) atoms. The molecule has 0 fully saturated rings. The van der Waals surface area contributed by atoms with Gasteiger partial charge in [0, 0.05) is 0 Å². The number of rotatable bonds is 3. The quantitative estimate of drug-likeness (QED) is 0.713. The Morgan fingerprint density at radius 1 is 1.31 bits per heavy atom. The minimum absolute atomic E-state index is 0.114. The van der Waals surface area contributed by atoms with Crippen LogP contribution in [0.25, 0.3) is 0 Å². The zero-order chi connectivity index (χ0) is 10.9. The van der Waals surface area contributed by atoms with E-state index in [-0.39, 0.29) is 11.0 Å². The topological polar surface area (TPSA) is 37.3 Å². The first-order valence-corrected chi connectivity index (χ1v) is 8.34. The van der Waals surface area contributed by atoms with E-state index < -0.39 is 14.0 Å². The SMILES string of the molecule is CC(C)(C)C[C@@H](C(=O)O)[Si](C)(C)C. The van der Waals surface area contributed by atoms with E-state index >= 15 is 0 Å². The molecule has 0 unspecified atom stereocenters. The lowest BCUT2D eigenvalue weighted by Gasteiger charge is -2.31. The second kappa shape index (κ2) is 3.82. The highest BCUT2D eigenvalue weighted by Gasteiger charge is 2.35. The van der Waals surface area contributed by atoms with Crippen molar-refractivity contribution in [2.24, 2.45) is 5.41 Å². The first kappa shape index (κ1) is 12.7. The first-order chi connectivity index (χ1) is 5.54. The van der Waals surface area contributed by atoms with Crippen LogP contribution in [0.15, 0.2) is 0 Å². The predicted molar refractivity (Wildman–Crippen MR) is 58.8 cm³/mol. The molecule has 3 heteroatoms. The van der Waals surface area contributed by atoms with Crippen LogP contribution in [0.5, 0.6) is 0 Å². The molecule has 1 N–H and O–H groups in total. The molecule has 0 aromatic rings. The fourth-order valence-electron chi connectivity index (χ4n) is 1.38. The highest BCUT2D eigenvalue weighted by molar-refractivity contribution is 6.80. The van der Waals surface area contributed by atoms with Gasteiger partial charge >= 0.3 is 5.97 Å². The Morgan fingerprint density at radius 2 is 1.69 bits per heavy atom. The van der Waals surface area contributed by atoms with Crippen molar-refractivity contribution in [1.29, 1.82) is 0 Å². The zero-order valence-electron chi connectivity index (χ0n) is 9.64. The van der Waals surface area contributed by atoms with Gasteiger partial charge in [-0.15, -0.1) is 0 Å². The summed E-state index contributed by atoms with van der Waals surface area (Å²) < 4.78 is 0. The maximum Gasteiger partial charge on any atom is 0.303 e. The molecule has 0 aliphatic carbocycles. The highest BCUT2D eigenvalue weighted by atomic mass is 28.3. The molecule has 2 nitrogen and oxygen atoms in total. The normalized spacial score (nSPS) is 15.5. The number of hydrogen-bond acceptors (Lipinski definition) is 1. The minimum Gasteiger partial charge on any atom is -0.481 e. The van der Waals surface area contributed by atoms with Gasteiger partial charge in [-0.3, -0.25) is 4.79 Å². The molecule has 0 rings (SSSR count). The molecule has 0 bridgehead atoms. The Hall–Kier alpha value is -0.313. The van der Waals surface area contributed by atoms with E-state index in [0.717, 1.165) is 6.42 Å². The summed E-state index contributed by atoms with van der Waals surface area (Å²) in [6.45, 7) is 12.7. The zero-order valence-corrected chi connectivity index (χ0v) is 10.6. The summed E-state index contributed by atoms with van der Waals surface area (Å²) in [5, 5.41) is 9.11. The monoisotopic (exact) mass is 202 g/mol. The van der Waals surface area contributed by atoms with Crippen LogP contribution in [0.1, 0.15) is 27.2 Å². The lowest BCUT2D eigenvalue weighted by molar-refractivity contribution is -0.137. The van der Waals surface area contributed by atoms with Crippen LogP contribution >= 0.6 is 0 Å². The van der Waals surface area contributed by atoms with Gasteiger partial charge in [-0.05, 0) is 11.8 Å². The summed E-state index contributed by atoms with van der Waals surface area (Å²) in [7, 11) is -1.56. The van der Waals surface area contributed by atoms with Gasteiger partial charge in [0.2, 0.25) is 0 Å². The van der Waals surface area contributed by atoms with Gasteiger partial charge in [0.25, 0.3) is 0 Å². The molecule has 0 saturated heterocycles. The third-order valence-corrected chi connectivity index (χ3v) is 4.70.